The lowest BCUT2D eigenvalue weighted by Crippen LogP contribution is -2.63. The quantitative estimate of drug-likeness (QED) is 0.387. The average Bonchev–Trinajstić information content (AvgIpc) is 3.15. The zero-order valence-corrected chi connectivity index (χ0v) is 17.0. The molecular weight excluding hydrogens is 386 g/mol. The Morgan fingerprint density at radius 2 is 2.14 bits per heavy atom. The molecule has 3 aliphatic heterocycles. The maximum absolute atomic E-state index is 12.4. The Bertz CT molecular complexity index is 697. The summed E-state index contributed by atoms with van der Waals surface area (Å²) in [5, 5.41) is 25.2. The lowest BCUT2D eigenvalue weighted by molar-refractivity contribution is -0.163. The first kappa shape index (κ1) is 21.1. The topological polar surface area (TPSA) is 128 Å². The van der Waals surface area contributed by atoms with Crippen molar-refractivity contribution >= 4 is 29.5 Å². The van der Waals surface area contributed by atoms with Crippen LogP contribution < -0.4 is 10.6 Å². The molecule has 2 saturated heterocycles. The molecule has 9 nitrogen and oxygen atoms in total. The summed E-state index contributed by atoms with van der Waals surface area (Å²) >= 11 is 1.44. The Morgan fingerprint density at radius 1 is 1.43 bits per heavy atom. The second kappa shape index (κ2) is 8.40. The molecule has 0 spiro atoms. The van der Waals surface area contributed by atoms with E-state index < -0.39 is 18.0 Å². The van der Waals surface area contributed by atoms with Crippen molar-refractivity contribution in [2.75, 3.05) is 26.7 Å². The number of amides is 2. The number of thioether (sulfide) groups is 1. The Balaban J connectivity index is 1.64. The van der Waals surface area contributed by atoms with Gasteiger partial charge in [-0.3, -0.25) is 9.59 Å². The van der Waals surface area contributed by atoms with Crippen molar-refractivity contribution in [2.24, 2.45) is 11.8 Å². The number of carbonyl (C=O) groups is 3. The number of likely N-dealkylation sites (N-methyl/N-ethyl adjacent to an activating group) is 1. The first-order chi connectivity index (χ1) is 13.3. The SMILES string of the molecule is CNCC(=O)NCC1CC(SC2=C(C(=O)O)N3C(=O)C(C(C)O)C3C2C)CO1. The van der Waals surface area contributed by atoms with Gasteiger partial charge in [-0.25, -0.2) is 4.79 Å². The molecule has 10 heteroatoms. The average molecular weight is 413 g/mol. The zero-order chi connectivity index (χ0) is 20.6. The maximum atomic E-state index is 12.4. The van der Waals surface area contributed by atoms with E-state index in [2.05, 4.69) is 10.6 Å². The number of ether oxygens (including phenoxy) is 1. The Morgan fingerprint density at radius 3 is 2.75 bits per heavy atom. The first-order valence-corrected chi connectivity index (χ1v) is 10.3. The highest BCUT2D eigenvalue weighted by atomic mass is 32.2. The van der Waals surface area contributed by atoms with Gasteiger partial charge in [0, 0.05) is 22.6 Å². The maximum Gasteiger partial charge on any atom is 0.353 e. The van der Waals surface area contributed by atoms with E-state index in [9.17, 15) is 24.6 Å². The number of β-lactam (4-membered cyclic amide) rings is 1. The van der Waals surface area contributed by atoms with Crippen LogP contribution in [0.4, 0.5) is 0 Å². The first-order valence-electron chi connectivity index (χ1n) is 9.44. The van der Waals surface area contributed by atoms with Gasteiger partial charge in [0.05, 0.1) is 37.3 Å². The molecule has 4 N–H and O–H groups in total. The van der Waals surface area contributed by atoms with Crippen molar-refractivity contribution in [1.29, 1.82) is 0 Å². The highest BCUT2D eigenvalue weighted by Crippen LogP contribution is 2.52. The summed E-state index contributed by atoms with van der Waals surface area (Å²) < 4.78 is 5.74. The number of aliphatic hydroxyl groups is 1. The van der Waals surface area contributed by atoms with Crippen LogP contribution in [0.25, 0.3) is 0 Å². The van der Waals surface area contributed by atoms with E-state index in [1.165, 1.54) is 16.7 Å². The minimum absolute atomic E-state index is 0.0372. The molecule has 6 unspecified atom stereocenters. The van der Waals surface area contributed by atoms with Gasteiger partial charge in [0.15, 0.2) is 0 Å². The fourth-order valence-electron chi connectivity index (χ4n) is 4.21. The molecule has 0 aromatic heterocycles. The van der Waals surface area contributed by atoms with Crippen molar-refractivity contribution in [3.8, 4) is 0 Å². The van der Waals surface area contributed by atoms with E-state index in [1.54, 1.807) is 14.0 Å². The van der Waals surface area contributed by atoms with E-state index in [1.807, 2.05) is 6.92 Å². The van der Waals surface area contributed by atoms with Crippen LogP contribution in [-0.2, 0) is 19.1 Å². The van der Waals surface area contributed by atoms with Crippen LogP contribution >= 0.6 is 11.8 Å². The molecule has 3 heterocycles. The molecular formula is C18H27N3O6S. The lowest BCUT2D eigenvalue weighted by Gasteiger charge is -2.46. The van der Waals surface area contributed by atoms with E-state index in [0.717, 1.165) is 0 Å². The van der Waals surface area contributed by atoms with Crippen molar-refractivity contribution in [2.45, 2.75) is 43.8 Å². The molecule has 2 amide bonds. The Labute approximate surface area is 167 Å². The van der Waals surface area contributed by atoms with Crippen molar-refractivity contribution in [3.05, 3.63) is 10.6 Å². The normalized spacial score (nSPS) is 32.9. The van der Waals surface area contributed by atoms with Gasteiger partial charge in [-0.05, 0) is 20.4 Å². The lowest BCUT2D eigenvalue weighted by atomic mass is 9.79. The van der Waals surface area contributed by atoms with Gasteiger partial charge < -0.3 is 30.5 Å². The number of aliphatic hydroxyl groups excluding tert-OH is 1. The molecule has 0 aromatic rings. The fourth-order valence-corrected chi connectivity index (χ4v) is 5.67. The minimum Gasteiger partial charge on any atom is -0.477 e. The number of carboxylic acids is 1. The third-order valence-electron chi connectivity index (χ3n) is 5.51. The predicted octanol–water partition coefficient (Wildman–Crippen LogP) is -0.634. The minimum atomic E-state index is -1.12. The van der Waals surface area contributed by atoms with Crippen molar-refractivity contribution in [3.63, 3.8) is 0 Å². The molecule has 3 aliphatic rings. The summed E-state index contributed by atoms with van der Waals surface area (Å²) in [4.78, 5) is 37.8. The number of carboxylic acid groups (broad SMARTS) is 1. The van der Waals surface area contributed by atoms with Crippen molar-refractivity contribution in [1.82, 2.24) is 15.5 Å². The zero-order valence-electron chi connectivity index (χ0n) is 16.2. The van der Waals surface area contributed by atoms with Crippen molar-refractivity contribution < 1.29 is 29.3 Å². The number of fused-ring (bicyclic) bond motifs is 1. The molecule has 0 saturated carbocycles. The number of rotatable bonds is 8. The fraction of sp³-hybridized carbons (Fsp3) is 0.722. The van der Waals surface area contributed by atoms with Gasteiger partial charge in [0.1, 0.15) is 5.70 Å². The second-order valence-electron chi connectivity index (χ2n) is 7.54. The van der Waals surface area contributed by atoms with Crippen LogP contribution in [0.5, 0.6) is 0 Å². The molecule has 6 atom stereocenters. The number of hydrogen-bond donors (Lipinski definition) is 4. The number of nitrogens with one attached hydrogen (secondary N) is 2. The van der Waals surface area contributed by atoms with Crippen LogP contribution in [0.2, 0.25) is 0 Å². The number of carbonyl (C=O) groups excluding carboxylic acids is 2. The molecule has 0 aromatic carbocycles. The number of hydrogen-bond acceptors (Lipinski definition) is 7. The second-order valence-corrected chi connectivity index (χ2v) is 8.88. The summed E-state index contributed by atoms with van der Waals surface area (Å²) in [6.07, 6.45) is -0.240. The van der Waals surface area contributed by atoms with Gasteiger partial charge in [0.25, 0.3) is 0 Å². The standard InChI is InChI=1S/C18H27N3O6S/c1-8-14-13(9(2)22)17(24)21(14)15(18(25)26)16(8)28-11-4-10(27-7-11)5-20-12(23)6-19-3/h8-11,13-14,19,22H,4-7H2,1-3H3,(H,20,23)(H,25,26). The summed E-state index contributed by atoms with van der Waals surface area (Å²) in [5.41, 5.74) is 0.0372. The van der Waals surface area contributed by atoms with Crippen LogP contribution in [0.1, 0.15) is 20.3 Å². The van der Waals surface area contributed by atoms with Crippen LogP contribution in [-0.4, -0.2) is 83.1 Å². The van der Waals surface area contributed by atoms with Gasteiger partial charge in [-0.2, -0.15) is 0 Å². The number of aliphatic carboxylic acids is 1. The third kappa shape index (κ3) is 3.78. The van der Waals surface area contributed by atoms with Gasteiger partial charge in [0.2, 0.25) is 11.8 Å². The van der Waals surface area contributed by atoms with E-state index >= 15 is 0 Å². The van der Waals surface area contributed by atoms with Gasteiger partial charge in [-0.1, -0.05) is 6.92 Å². The predicted molar refractivity (Wildman–Crippen MR) is 102 cm³/mol. The van der Waals surface area contributed by atoms with E-state index in [0.29, 0.717) is 24.5 Å². The molecule has 156 valence electrons. The molecule has 0 radical (unpaired) electrons. The molecule has 3 rings (SSSR count). The van der Waals surface area contributed by atoms with Gasteiger partial charge in [-0.15, -0.1) is 11.8 Å². The largest absolute Gasteiger partial charge is 0.477 e. The van der Waals surface area contributed by atoms with E-state index in [-0.39, 0.29) is 47.4 Å². The molecule has 28 heavy (non-hydrogen) atoms. The number of nitrogens with zero attached hydrogens (tertiary/aromatic N) is 1. The Hall–Kier alpha value is -1.62. The Kier molecular flexibility index (Phi) is 6.33. The highest BCUT2D eigenvalue weighted by Gasteiger charge is 2.60. The smallest absolute Gasteiger partial charge is 0.353 e. The van der Waals surface area contributed by atoms with Gasteiger partial charge >= 0.3 is 5.97 Å². The third-order valence-corrected chi connectivity index (χ3v) is 6.99. The summed E-state index contributed by atoms with van der Waals surface area (Å²) in [5.74, 6) is -2.26. The summed E-state index contributed by atoms with van der Waals surface area (Å²) in [7, 11) is 1.70. The monoisotopic (exact) mass is 413 g/mol. The summed E-state index contributed by atoms with van der Waals surface area (Å²) in [6.45, 7) is 4.58. The highest BCUT2D eigenvalue weighted by molar-refractivity contribution is 8.03. The van der Waals surface area contributed by atoms with E-state index in [4.69, 9.17) is 4.74 Å². The van der Waals surface area contributed by atoms with Crippen LogP contribution in [0, 0.1) is 11.8 Å². The molecule has 2 fully saturated rings. The summed E-state index contributed by atoms with van der Waals surface area (Å²) in [6, 6.07) is -0.306. The van der Waals surface area contributed by atoms with Crippen LogP contribution in [0.15, 0.2) is 10.6 Å². The van der Waals surface area contributed by atoms with Crippen LogP contribution in [0.3, 0.4) is 0 Å². The molecule has 0 aliphatic carbocycles. The molecule has 0 bridgehead atoms.